The lowest BCUT2D eigenvalue weighted by atomic mass is 9.97. The predicted octanol–water partition coefficient (Wildman–Crippen LogP) is 3.32. The van der Waals surface area contributed by atoms with Crippen LogP contribution in [0.2, 0.25) is 0 Å². The number of ether oxygens (including phenoxy) is 2. The van der Waals surface area contributed by atoms with Crippen LogP contribution < -0.4 is 14.8 Å². The summed E-state index contributed by atoms with van der Waals surface area (Å²) in [7, 11) is 5.34. The van der Waals surface area contributed by atoms with Crippen molar-refractivity contribution in [2.45, 2.75) is 13.0 Å². The molecule has 20 heavy (non-hydrogen) atoms. The molecular weight excluding hydrogens is 250 g/mol. The van der Waals surface area contributed by atoms with Crippen LogP contribution in [0.1, 0.15) is 22.7 Å². The Kier molecular flexibility index (Phi) is 4.64. The minimum Gasteiger partial charge on any atom is -0.497 e. The van der Waals surface area contributed by atoms with E-state index in [1.54, 1.807) is 14.2 Å². The van der Waals surface area contributed by atoms with Crippen LogP contribution in [0.15, 0.2) is 42.5 Å². The summed E-state index contributed by atoms with van der Waals surface area (Å²) in [4.78, 5) is 0. The second-order valence-electron chi connectivity index (χ2n) is 4.73. The fourth-order valence-electron chi connectivity index (χ4n) is 2.36. The second-order valence-corrected chi connectivity index (χ2v) is 4.73. The van der Waals surface area contributed by atoms with E-state index in [0.717, 1.165) is 22.6 Å². The lowest BCUT2D eigenvalue weighted by Crippen LogP contribution is -2.17. The summed E-state index contributed by atoms with van der Waals surface area (Å²) in [6.45, 7) is 2.04. The number of aryl methyl sites for hydroxylation is 1. The molecule has 0 bridgehead atoms. The average molecular weight is 271 g/mol. The van der Waals surface area contributed by atoms with Crippen molar-refractivity contribution in [3.05, 3.63) is 59.2 Å². The molecule has 0 fully saturated rings. The normalized spacial score (nSPS) is 12.0. The molecule has 0 saturated heterocycles. The first-order valence-electron chi connectivity index (χ1n) is 6.65. The quantitative estimate of drug-likeness (QED) is 0.905. The van der Waals surface area contributed by atoms with Gasteiger partial charge in [-0.15, -0.1) is 0 Å². The third kappa shape index (κ3) is 2.94. The van der Waals surface area contributed by atoms with Crippen LogP contribution >= 0.6 is 0 Å². The molecule has 0 heterocycles. The van der Waals surface area contributed by atoms with E-state index in [4.69, 9.17) is 9.47 Å². The van der Waals surface area contributed by atoms with E-state index in [2.05, 4.69) is 29.6 Å². The van der Waals surface area contributed by atoms with Crippen molar-refractivity contribution in [2.24, 2.45) is 0 Å². The van der Waals surface area contributed by atoms with Crippen molar-refractivity contribution in [2.75, 3.05) is 21.3 Å². The summed E-state index contributed by atoms with van der Waals surface area (Å²) in [6.07, 6.45) is 0. The number of hydrogen-bond donors (Lipinski definition) is 1. The molecule has 0 radical (unpaired) electrons. The molecule has 0 saturated carbocycles. The number of methoxy groups -OCH3 is 2. The van der Waals surface area contributed by atoms with Crippen LogP contribution in [-0.2, 0) is 0 Å². The Morgan fingerprint density at radius 2 is 1.70 bits per heavy atom. The molecule has 1 unspecified atom stereocenters. The maximum atomic E-state index is 5.41. The highest BCUT2D eigenvalue weighted by Crippen LogP contribution is 2.28. The highest BCUT2D eigenvalue weighted by molar-refractivity contribution is 5.42. The van der Waals surface area contributed by atoms with Gasteiger partial charge in [0.25, 0.3) is 0 Å². The van der Waals surface area contributed by atoms with Crippen molar-refractivity contribution < 1.29 is 9.47 Å². The van der Waals surface area contributed by atoms with Crippen molar-refractivity contribution in [1.29, 1.82) is 0 Å². The highest BCUT2D eigenvalue weighted by Gasteiger charge is 2.14. The molecule has 3 heteroatoms. The number of rotatable bonds is 5. The van der Waals surface area contributed by atoms with Crippen LogP contribution in [0.5, 0.6) is 11.5 Å². The molecule has 1 N–H and O–H groups in total. The summed E-state index contributed by atoms with van der Waals surface area (Å²) in [6, 6.07) is 14.5. The minimum absolute atomic E-state index is 0.111. The SMILES string of the molecule is CNC(c1cccc(OC)c1)c1ccc(C)c(OC)c1. The van der Waals surface area contributed by atoms with Gasteiger partial charge < -0.3 is 14.8 Å². The van der Waals surface area contributed by atoms with Crippen molar-refractivity contribution in [3.63, 3.8) is 0 Å². The van der Waals surface area contributed by atoms with Gasteiger partial charge >= 0.3 is 0 Å². The fraction of sp³-hybridized carbons (Fsp3) is 0.294. The van der Waals surface area contributed by atoms with Crippen molar-refractivity contribution >= 4 is 0 Å². The van der Waals surface area contributed by atoms with Crippen molar-refractivity contribution in [3.8, 4) is 11.5 Å². The van der Waals surface area contributed by atoms with E-state index < -0.39 is 0 Å². The van der Waals surface area contributed by atoms with Crippen LogP contribution in [0.4, 0.5) is 0 Å². The Hall–Kier alpha value is -2.00. The summed E-state index contributed by atoms with van der Waals surface area (Å²) in [5, 5.41) is 3.35. The Balaban J connectivity index is 2.41. The molecule has 2 rings (SSSR count). The third-order valence-corrected chi connectivity index (χ3v) is 3.48. The molecule has 2 aromatic carbocycles. The first-order chi connectivity index (χ1) is 9.69. The van der Waals surface area contributed by atoms with Gasteiger partial charge in [-0.25, -0.2) is 0 Å². The zero-order valence-corrected chi connectivity index (χ0v) is 12.4. The van der Waals surface area contributed by atoms with Gasteiger partial charge in [-0.05, 0) is 48.9 Å². The van der Waals surface area contributed by atoms with Gasteiger partial charge in [-0.2, -0.15) is 0 Å². The maximum absolute atomic E-state index is 5.41. The van der Waals surface area contributed by atoms with Crippen LogP contribution in [0.3, 0.4) is 0 Å². The molecule has 2 aromatic rings. The fourth-order valence-corrected chi connectivity index (χ4v) is 2.36. The van der Waals surface area contributed by atoms with Crippen LogP contribution in [0.25, 0.3) is 0 Å². The maximum Gasteiger partial charge on any atom is 0.122 e. The van der Waals surface area contributed by atoms with Gasteiger partial charge in [-0.3, -0.25) is 0 Å². The standard InChI is InChI=1S/C17H21NO2/c1-12-8-9-14(11-16(12)20-4)17(18-2)13-6-5-7-15(10-13)19-3/h5-11,17-18H,1-4H3. The molecule has 3 nitrogen and oxygen atoms in total. The first kappa shape index (κ1) is 14.4. The summed E-state index contributed by atoms with van der Waals surface area (Å²) in [5.41, 5.74) is 3.47. The minimum atomic E-state index is 0.111. The average Bonchev–Trinajstić information content (AvgIpc) is 2.50. The van der Waals surface area contributed by atoms with Crippen LogP contribution in [-0.4, -0.2) is 21.3 Å². The molecule has 0 aliphatic heterocycles. The number of nitrogens with one attached hydrogen (secondary N) is 1. The largest absolute Gasteiger partial charge is 0.497 e. The van der Waals surface area contributed by atoms with Gasteiger partial charge in [0.2, 0.25) is 0 Å². The second kappa shape index (κ2) is 6.44. The van der Waals surface area contributed by atoms with E-state index >= 15 is 0 Å². The summed E-state index contributed by atoms with van der Waals surface area (Å²) >= 11 is 0. The van der Waals surface area contributed by atoms with E-state index in [1.165, 1.54) is 5.56 Å². The van der Waals surface area contributed by atoms with Gasteiger partial charge in [0.1, 0.15) is 11.5 Å². The monoisotopic (exact) mass is 271 g/mol. The molecule has 0 aliphatic rings. The predicted molar refractivity (Wildman–Crippen MR) is 81.6 cm³/mol. The zero-order chi connectivity index (χ0) is 14.5. The molecular formula is C17H21NO2. The summed E-state index contributed by atoms with van der Waals surface area (Å²) < 4.78 is 10.7. The Labute approximate surface area is 120 Å². The highest BCUT2D eigenvalue weighted by atomic mass is 16.5. The van der Waals surface area contributed by atoms with Gasteiger partial charge in [0, 0.05) is 0 Å². The molecule has 0 spiro atoms. The van der Waals surface area contributed by atoms with E-state index in [0.29, 0.717) is 0 Å². The number of hydrogen-bond acceptors (Lipinski definition) is 3. The Morgan fingerprint density at radius 1 is 0.950 bits per heavy atom. The molecule has 106 valence electrons. The lowest BCUT2D eigenvalue weighted by molar-refractivity contribution is 0.410. The Morgan fingerprint density at radius 3 is 2.35 bits per heavy atom. The van der Waals surface area contributed by atoms with E-state index in [9.17, 15) is 0 Å². The molecule has 1 atom stereocenters. The van der Waals surface area contributed by atoms with E-state index in [1.807, 2.05) is 32.2 Å². The van der Waals surface area contributed by atoms with Gasteiger partial charge in [0.05, 0.1) is 20.3 Å². The van der Waals surface area contributed by atoms with Crippen molar-refractivity contribution in [1.82, 2.24) is 5.32 Å². The zero-order valence-electron chi connectivity index (χ0n) is 12.4. The lowest BCUT2D eigenvalue weighted by Gasteiger charge is -2.19. The smallest absolute Gasteiger partial charge is 0.122 e. The molecule has 0 amide bonds. The molecule has 0 aliphatic carbocycles. The van der Waals surface area contributed by atoms with E-state index in [-0.39, 0.29) is 6.04 Å². The summed E-state index contributed by atoms with van der Waals surface area (Å²) in [5.74, 6) is 1.77. The topological polar surface area (TPSA) is 30.5 Å². The van der Waals surface area contributed by atoms with Gasteiger partial charge in [-0.1, -0.05) is 24.3 Å². The first-order valence-corrected chi connectivity index (χ1v) is 6.65. The molecule has 0 aromatic heterocycles. The third-order valence-electron chi connectivity index (χ3n) is 3.48. The van der Waals surface area contributed by atoms with Gasteiger partial charge in [0.15, 0.2) is 0 Å². The van der Waals surface area contributed by atoms with Crippen LogP contribution in [0, 0.1) is 6.92 Å². The number of benzene rings is 2. The Bertz CT molecular complexity index is 581.